The Balaban J connectivity index is 1.47. The predicted octanol–water partition coefficient (Wildman–Crippen LogP) is 3.12. The second-order valence-electron chi connectivity index (χ2n) is 8.97. The van der Waals surface area contributed by atoms with Crippen molar-refractivity contribution in [3.63, 3.8) is 0 Å². The van der Waals surface area contributed by atoms with Gasteiger partial charge in [0.1, 0.15) is 19.9 Å². The van der Waals surface area contributed by atoms with Gasteiger partial charge in [-0.15, -0.1) is 0 Å². The minimum Gasteiger partial charge on any atom is -0.443 e. The fourth-order valence-corrected chi connectivity index (χ4v) is 4.52. The number of carbonyl (C=O) groups excluding carboxylic acids is 1. The Morgan fingerprint density at radius 2 is 2.05 bits per heavy atom. The van der Waals surface area contributed by atoms with Crippen LogP contribution in [0.1, 0.15) is 48.4 Å². The normalized spacial score (nSPS) is 14.2. The summed E-state index contributed by atoms with van der Waals surface area (Å²) >= 11 is 0. The van der Waals surface area contributed by atoms with E-state index in [0.29, 0.717) is 37.6 Å². The number of nitrogens with zero attached hydrogens (tertiary/aromatic N) is 4. The standard InChI is InChI=1S/C26H28BFN6O3/c1-3-20-22(23(31-16-7-9-36-10-8-16)17-13-30-34(4-2)24(17)32-20)26-33-21(14-37-26)25(35)29-12-15-5-6-19(28)18(27)11-15/h5-6,11,13-14,16H,3-4,7-10,12H2,1-2H3,(H,29,35)(H,31,32). The summed E-state index contributed by atoms with van der Waals surface area (Å²) in [5.74, 6) is -0.605. The number of pyridine rings is 1. The maximum atomic E-state index is 13.4. The second kappa shape index (κ2) is 10.7. The Labute approximate surface area is 215 Å². The molecule has 1 fully saturated rings. The van der Waals surface area contributed by atoms with Crippen LogP contribution in [0.4, 0.5) is 10.1 Å². The van der Waals surface area contributed by atoms with E-state index in [4.69, 9.17) is 22.0 Å². The highest BCUT2D eigenvalue weighted by molar-refractivity contribution is 6.32. The average Bonchev–Trinajstić information content (AvgIpc) is 3.57. The number of hydrogen-bond donors (Lipinski definition) is 2. The molecule has 1 amide bonds. The van der Waals surface area contributed by atoms with Crippen LogP contribution in [0.25, 0.3) is 22.5 Å². The van der Waals surface area contributed by atoms with Crippen LogP contribution in [0.2, 0.25) is 0 Å². The number of fused-ring (bicyclic) bond motifs is 1. The molecule has 2 radical (unpaired) electrons. The van der Waals surface area contributed by atoms with Crippen LogP contribution in [0.5, 0.6) is 0 Å². The van der Waals surface area contributed by atoms with E-state index in [-0.39, 0.29) is 23.7 Å². The fourth-order valence-electron chi connectivity index (χ4n) is 4.52. The van der Waals surface area contributed by atoms with Crippen molar-refractivity contribution >= 4 is 35.9 Å². The van der Waals surface area contributed by atoms with Crippen molar-refractivity contribution in [2.45, 2.75) is 52.2 Å². The van der Waals surface area contributed by atoms with Crippen molar-refractivity contribution in [1.29, 1.82) is 0 Å². The first-order valence-corrected chi connectivity index (χ1v) is 12.5. The fraction of sp³-hybridized carbons (Fsp3) is 0.385. The molecule has 4 heterocycles. The molecule has 37 heavy (non-hydrogen) atoms. The molecule has 1 aromatic carbocycles. The quantitative estimate of drug-likeness (QED) is 0.357. The molecular weight excluding hydrogens is 474 g/mol. The number of oxazole rings is 1. The smallest absolute Gasteiger partial charge is 0.273 e. The van der Waals surface area contributed by atoms with Crippen molar-refractivity contribution in [1.82, 2.24) is 25.1 Å². The van der Waals surface area contributed by atoms with E-state index in [0.717, 1.165) is 40.8 Å². The molecule has 3 aromatic heterocycles. The number of nitrogens with one attached hydrogen (secondary N) is 2. The molecule has 0 aliphatic carbocycles. The topological polar surface area (TPSA) is 107 Å². The van der Waals surface area contributed by atoms with Crippen LogP contribution < -0.4 is 16.1 Å². The van der Waals surface area contributed by atoms with Gasteiger partial charge in [-0.3, -0.25) is 4.79 Å². The molecular formula is C26H28BFN6O3. The first kappa shape index (κ1) is 24.9. The van der Waals surface area contributed by atoms with Gasteiger partial charge in [0.2, 0.25) is 5.89 Å². The summed E-state index contributed by atoms with van der Waals surface area (Å²) in [6.07, 6.45) is 5.53. The molecule has 0 saturated carbocycles. The lowest BCUT2D eigenvalue weighted by molar-refractivity contribution is 0.0904. The third kappa shape index (κ3) is 5.08. The van der Waals surface area contributed by atoms with Crippen molar-refractivity contribution in [3.05, 3.63) is 53.4 Å². The summed E-state index contributed by atoms with van der Waals surface area (Å²) in [7, 11) is 5.62. The van der Waals surface area contributed by atoms with Gasteiger partial charge in [-0.1, -0.05) is 24.5 Å². The van der Waals surface area contributed by atoms with E-state index in [9.17, 15) is 9.18 Å². The number of carbonyl (C=O) groups is 1. The van der Waals surface area contributed by atoms with Gasteiger partial charge in [-0.05, 0) is 37.8 Å². The van der Waals surface area contributed by atoms with E-state index in [2.05, 4.69) is 20.7 Å². The molecule has 1 saturated heterocycles. The Morgan fingerprint density at radius 3 is 2.78 bits per heavy atom. The number of hydrogen-bond acceptors (Lipinski definition) is 7. The number of amides is 1. The van der Waals surface area contributed by atoms with Gasteiger partial charge in [-0.25, -0.2) is 19.0 Å². The van der Waals surface area contributed by atoms with Gasteiger partial charge in [0.05, 0.1) is 28.5 Å². The average molecular weight is 502 g/mol. The highest BCUT2D eigenvalue weighted by Crippen LogP contribution is 2.37. The van der Waals surface area contributed by atoms with E-state index in [1.807, 2.05) is 18.5 Å². The van der Waals surface area contributed by atoms with Gasteiger partial charge in [-0.2, -0.15) is 5.10 Å². The zero-order valence-electron chi connectivity index (χ0n) is 20.9. The molecule has 5 rings (SSSR count). The number of aryl methyl sites for hydroxylation is 2. The van der Waals surface area contributed by atoms with Crippen molar-refractivity contribution in [2.75, 3.05) is 18.5 Å². The van der Waals surface area contributed by atoms with Crippen LogP contribution in [0.3, 0.4) is 0 Å². The van der Waals surface area contributed by atoms with Crippen LogP contribution in [0, 0.1) is 5.82 Å². The second-order valence-corrected chi connectivity index (χ2v) is 8.97. The van der Waals surface area contributed by atoms with Gasteiger partial charge in [0, 0.05) is 32.3 Å². The maximum Gasteiger partial charge on any atom is 0.273 e. The maximum absolute atomic E-state index is 13.4. The molecule has 1 aliphatic heterocycles. The van der Waals surface area contributed by atoms with Gasteiger partial charge in [0.25, 0.3) is 5.91 Å². The lowest BCUT2D eigenvalue weighted by Gasteiger charge is -2.26. The molecule has 0 spiro atoms. The third-order valence-corrected chi connectivity index (χ3v) is 6.53. The monoisotopic (exact) mass is 502 g/mol. The van der Waals surface area contributed by atoms with Crippen LogP contribution in [-0.4, -0.2) is 52.8 Å². The molecule has 0 unspecified atom stereocenters. The van der Waals surface area contributed by atoms with E-state index >= 15 is 0 Å². The van der Waals surface area contributed by atoms with E-state index < -0.39 is 11.7 Å². The minimum atomic E-state index is -0.497. The summed E-state index contributed by atoms with van der Waals surface area (Å²) in [4.78, 5) is 22.2. The molecule has 0 bridgehead atoms. The Morgan fingerprint density at radius 1 is 1.24 bits per heavy atom. The van der Waals surface area contributed by atoms with Gasteiger partial charge >= 0.3 is 0 Å². The molecule has 1 aliphatic rings. The SMILES string of the molecule is [B]c1cc(CNC(=O)c2coc(-c3c(CC)nc4c(cnn4CC)c3NC3CCOCC3)n2)ccc1F. The van der Waals surface area contributed by atoms with E-state index in [1.165, 1.54) is 18.4 Å². The highest BCUT2D eigenvalue weighted by Gasteiger charge is 2.26. The molecule has 9 nitrogen and oxygen atoms in total. The summed E-state index contributed by atoms with van der Waals surface area (Å²) in [5.41, 5.74) is 4.00. The number of ether oxygens (including phenoxy) is 1. The predicted molar refractivity (Wildman–Crippen MR) is 138 cm³/mol. The molecule has 11 heteroatoms. The Hall–Kier alpha value is -3.73. The summed E-state index contributed by atoms with van der Waals surface area (Å²) in [5, 5.41) is 11.9. The Kier molecular flexibility index (Phi) is 7.23. The first-order chi connectivity index (χ1) is 18.0. The molecule has 2 N–H and O–H groups in total. The molecule has 4 aromatic rings. The lowest BCUT2D eigenvalue weighted by Crippen LogP contribution is -2.28. The van der Waals surface area contributed by atoms with Crippen molar-refractivity contribution in [2.24, 2.45) is 0 Å². The summed E-state index contributed by atoms with van der Waals surface area (Å²) in [6, 6.07) is 4.55. The van der Waals surface area contributed by atoms with Crippen molar-refractivity contribution < 1.29 is 18.3 Å². The number of aromatic nitrogens is 4. The highest BCUT2D eigenvalue weighted by atomic mass is 19.1. The Bertz CT molecular complexity index is 1430. The zero-order valence-corrected chi connectivity index (χ0v) is 20.9. The number of halogens is 1. The molecule has 0 atom stereocenters. The summed E-state index contributed by atoms with van der Waals surface area (Å²) in [6.45, 7) is 6.30. The first-order valence-electron chi connectivity index (χ1n) is 12.5. The van der Waals surface area contributed by atoms with Crippen molar-refractivity contribution in [3.8, 4) is 11.5 Å². The summed E-state index contributed by atoms with van der Waals surface area (Å²) < 4.78 is 26.7. The zero-order chi connectivity index (χ0) is 25.9. The minimum absolute atomic E-state index is 0.0291. The third-order valence-electron chi connectivity index (χ3n) is 6.53. The lowest BCUT2D eigenvalue weighted by atomic mass is 9.93. The number of anilines is 1. The largest absolute Gasteiger partial charge is 0.443 e. The van der Waals surface area contributed by atoms with Gasteiger partial charge in [0.15, 0.2) is 11.3 Å². The van der Waals surface area contributed by atoms with Crippen LogP contribution >= 0.6 is 0 Å². The van der Waals surface area contributed by atoms with E-state index in [1.54, 1.807) is 12.3 Å². The van der Waals surface area contributed by atoms with Crippen LogP contribution in [0.15, 0.2) is 35.1 Å². The number of benzene rings is 1. The molecule has 190 valence electrons. The number of rotatable bonds is 8. The van der Waals surface area contributed by atoms with Gasteiger partial charge < -0.3 is 19.8 Å². The van der Waals surface area contributed by atoms with Crippen LogP contribution in [-0.2, 0) is 24.2 Å².